The van der Waals surface area contributed by atoms with E-state index in [1.54, 1.807) is 0 Å². The molecule has 2 aromatic rings. The Morgan fingerprint density at radius 1 is 0.837 bits per heavy atom. The van der Waals surface area contributed by atoms with E-state index in [1.807, 2.05) is 32.0 Å². The molecular formula is C27H50ClN4O11+. The zero-order valence-electron chi connectivity index (χ0n) is 24.6. The SMILES string of the molecule is CCn1c(CN)[n+](CC)c2cc(OCCCN(C[C@H](O)[C@@H](O)[C@H](O)[C@H](O)CO)C[C@H](O)[C@@H](O)[C@H](O)[C@H](O)CO)ccc21.Cl. The highest BCUT2D eigenvalue weighted by molar-refractivity contribution is 5.85. The number of imidazole rings is 1. The van der Waals surface area contributed by atoms with Gasteiger partial charge in [0, 0.05) is 25.7 Å². The first-order valence-electron chi connectivity index (χ1n) is 14.2. The van der Waals surface area contributed by atoms with Gasteiger partial charge in [0.2, 0.25) is 0 Å². The molecule has 12 N–H and O–H groups in total. The van der Waals surface area contributed by atoms with Crippen LogP contribution >= 0.6 is 12.4 Å². The number of rotatable bonds is 20. The van der Waals surface area contributed by atoms with Gasteiger partial charge in [0.25, 0.3) is 5.82 Å². The van der Waals surface area contributed by atoms with E-state index in [4.69, 9.17) is 20.7 Å². The van der Waals surface area contributed by atoms with Gasteiger partial charge in [0.15, 0.2) is 11.0 Å². The standard InChI is InChI=1S/C27H49N4O11.ClH/c1-3-30-17-7-6-16(10-18(17)31(4-2)23(30)11-28)42-9-5-8-29(12-19(34)24(38)26(40)21(36)14-32)13-20(35)25(39)27(41)22(37)15-33;/h6-7,10,19-22,24-27,32-41H,3-5,8-9,11-15,28H2,1-2H3;1H/q+1;/t19-,20-,21+,22+,24+,25+,26+,27+;/m0./s1. The Kier molecular flexibility index (Phi) is 17.3. The topological polar surface area (TPSA) is 250 Å². The van der Waals surface area contributed by atoms with Gasteiger partial charge in [0.1, 0.15) is 42.4 Å². The third-order valence-electron chi connectivity index (χ3n) is 7.40. The van der Waals surface area contributed by atoms with Crippen molar-refractivity contribution in [2.45, 2.75) is 88.7 Å². The van der Waals surface area contributed by atoms with Gasteiger partial charge in [-0.25, -0.2) is 9.13 Å². The highest BCUT2D eigenvalue weighted by Gasteiger charge is 2.34. The molecule has 2 rings (SSSR count). The van der Waals surface area contributed by atoms with Crippen molar-refractivity contribution >= 4 is 23.4 Å². The van der Waals surface area contributed by atoms with E-state index in [0.717, 1.165) is 29.9 Å². The summed E-state index contributed by atoms with van der Waals surface area (Å²) >= 11 is 0. The molecule has 16 heteroatoms. The van der Waals surface area contributed by atoms with Gasteiger partial charge in [-0.1, -0.05) is 0 Å². The Balaban J connectivity index is 0.00000924. The highest BCUT2D eigenvalue weighted by atomic mass is 35.5. The molecule has 43 heavy (non-hydrogen) atoms. The van der Waals surface area contributed by atoms with E-state index in [1.165, 1.54) is 4.90 Å². The zero-order chi connectivity index (χ0) is 31.6. The van der Waals surface area contributed by atoms with Crippen molar-refractivity contribution in [2.75, 3.05) is 39.5 Å². The van der Waals surface area contributed by atoms with Crippen LogP contribution in [-0.4, -0.2) is 149 Å². The lowest BCUT2D eigenvalue weighted by molar-refractivity contribution is -0.676. The second kappa shape index (κ2) is 19.0. The number of hydrogen-bond donors (Lipinski definition) is 11. The van der Waals surface area contributed by atoms with E-state index < -0.39 is 62.0 Å². The maximum atomic E-state index is 10.5. The minimum Gasteiger partial charge on any atom is -0.493 e. The second-order valence-electron chi connectivity index (χ2n) is 10.3. The zero-order valence-corrected chi connectivity index (χ0v) is 25.4. The number of nitrogens with zero attached hydrogens (tertiary/aromatic N) is 3. The largest absolute Gasteiger partial charge is 0.493 e. The fraction of sp³-hybridized carbons (Fsp3) is 0.741. The number of benzene rings is 1. The van der Waals surface area contributed by atoms with Gasteiger partial charge >= 0.3 is 0 Å². The van der Waals surface area contributed by atoms with E-state index in [0.29, 0.717) is 18.7 Å². The van der Waals surface area contributed by atoms with Crippen molar-refractivity contribution < 1.29 is 60.4 Å². The molecule has 8 atom stereocenters. The molecule has 250 valence electrons. The minimum atomic E-state index is -1.85. The van der Waals surface area contributed by atoms with E-state index >= 15 is 0 Å². The average Bonchev–Trinajstić information content (AvgIpc) is 3.32. The molecule has 0 aliphatic carbocycles. The predicted octanol–water partition coefficient (Wildman–Crippen LogP) is -4.21. The van der Waals surface area contributed by atoms with Crippen molar-refractivity contribution in [1.29, 1.82) is 0 Å². The summed E-state index contributed by atoms with van der Waals surface area (Å²) in [5.74, 6) is 1.61. The molecule has 0 amide bonds. The van der Waals surface area contributed by atoms with Crippen LogP contribution in [0.4, 0.5) is 0 Å². The molecular weight excluding hydrogens is 592 g/mol. The molecule has 0 unspecified atom stereocenters. The van der Waals surface area contributed by atoms with Crippen LogP contribution in [0.15, 0.2) is 18.2 Å². The van der Waals surface area contributed by atoms with Crippen LogP contribution in [0.1, 0.15) is 26.1 Å². The van der Waals surface area contributed by atoms with Gasteiger partial charge in [-0.05, 0) is 32.4 Å². The summed E-state index contributed by atoms with van der Waals surface area (Å²) in [4.78, 5) is 1.43. The Labute approximate surface area is 257 Å². The van der Waals surface area contributed by atoms with Crippen molar-refractivity contribution in [3.63, 3.8) is 0 Å². The van der Waals surface area contributed by atoms with Crippen LogP contribution in [0.2, 0.25) is 0 Å². The van der Waals surface area contributed by atoms with Gasteiger partial charge in [-0.3, -0.25) is 4.90 Å². The van der Waals surface area contributed by atoms with E-state index in [9.17, 15) is 40.9 Å². The predicted molar refractivity (Wildman–Crippen MR) is 157 cm³/mol. The lowest BCUT2D eigenvalue weighted by Crippen LogP contribution is -2.53. The maximum absolute atomic E-state index is 10.5. The van der Waals surface area contributed by atoms with E-state index in [-0.39, 0.29) is 38.6 Å². The summed E-state index contributed by atoms with van der Waals surface area (Å²) in [6, 6.07) is 5.72. The first kappa shape index (κ1) is 39.3. The average molecular weight is 642 g/mol. The second-order valence-corrected chi connectivity index (χ2v) is 10.3. The molecule has 0 aliphatic heterocycles. The molecule has 0 saturated heterocycles. The fourth-order valence-electron chi connectivity index (χ4n) is 4.99. The van der Waals surface area contributed by atoms with Crippen molar-refractivity contribution in [1.82, 2.24) is 9.47 Å². The number of halogens is 1. The number of aliphatic hydroxyl groups excluding tert-OH is 10. The first-order chi connectivity index (χ1) is 19.9. The summed E-state index contributed by atoms with van der Waals surface area (Å²) < 4.78 is 10.2. The highest BCUT2D eigenvalue weighted by Crippen LogP contribution is 2.21. The first-order valence-corrected chi connectivity index (χ1v) is 14.2. The molecule has 0 aliphatic rings. The Morgan fingerprint density at radius 2 is 1.35 bits per heavy atom. The normalized spacial score (nSPS) is 17.6. The minimum absolute atomic E-state index is 0. The number of hydrogen-bond acceptors (Lipinski definition) is 13. The molecule has 0 radical (unpaired) electrons. The number of aliphatic hydroxyl groups is 10. The van der Waals surface area contributed by atoms with Crippen molar-refractivity contribution in [2.24, 2.45) is 5.73 Å². The van der Waals surface area contributed by atoms with Crippen LogP contribution in [0, 0.1) is 0 Å². The monoisotopic (exact) mass is 641 g/mol. The third kappa shape index (κ3) is 10.2. The van der Waals surface area contributed by atoms with Gasteiger partial charge < -0.3 is 61.5 Å². The van der Waals surface area contributed by atoms with Crippen LogP contribution in [0.5, 0.6) is 5.75 Å². The summed E-state index contributed by atoms with van der Waals surface area (Å²) in [5, 5.41) is 98.6. The lowest BCUT2D eigenvalue weighted by Gasteiger charge is -2.33. The van der Waals surface area contributed by atoms with Crippen LogP contribution in [0.3, 0.4) is 0 Å². The quantitative estimate of drug-likeness (QED) is 0.0485. The van der Waals surface area contributed by atoms with Gasteiger partial charge in [0.05, 0.1) is 51.7 Å². The molecule has 1 aromatic carbocycles. The summed E-state index contributed by atoms with van der Waals surface area (Å²) in [6.07, 6.45) is -13.7. The van der Waals surface area contributed by atoms with Crippen LogP contribution in [0.25, 0.3) is 11.0 Å². The third-order valence-corrected chi connectivity index (χ3v) is 7.40. The Hall–Kier alpha value is -1.70. The Bertz CT molecular complexity index is 1050. The van der Waals surface area contributed by atoms with Gasteiger partial charge in [-0.2, -0.15) is 0 Å². The fourth-order valence-corrected chi connectivity index (χ4v) is 4.99. The van der Waals surface area contributed by atoms with Gasteiger partial charge in [-0.15, -0.1) is 12.4 Å². The number of fused-ring (bicyclic) bond motifs is 1. The van der Waals surface area contributed by atoms with Crippen LogP contribution < -0.4 is 15.0 Å². The molecule has 0 bridgehead atoms. The smallest absolute Gasteiger partial charge is 0.271 e. The number of aryl methyl sites for hydroxylation is 2. The summed E-state index contributed by atoms with van der Waals surface area (Å²) in [5.41, 5.74) is 8.00. The molecule has 15 nitrogen and oxygen atoms in total. The molecule has 0 fully saturated rings. The summed E-state index contributed by atoms with van der Waals surface area (Å²) in [7, 11) is 0. The van der Waals surface area contributed by atoms with Crippen LogP contribution in [-0.2, 0) is 19.6 Å². The van der Waals surface area contributed by atoms with E-state index in [2.05, 4.69) is 9.13 Å². The van der Waals surface area contributed by atoms with Crippen molar-refractivity contribution in [3.05, 3.63) is 24.0 Å². The number of nitrogens with two attached hydrogens (primary N) is 1. The molecule has 1 aromatic heterocycles. The number of aromatic nitrogens is 2. The molecule has 0 spiro atoms. The Morgan fingerprint density at radius 3 is 1.79 bits per heavy atom. The molecule has 1 heterocycles. The maximum Gasteiger partial charge on any atom is 0.271 e. The van der Waals surface area contributed by atoms with Crippen molar-refractivity contribution in [3.8, 4) is 5.75 Å². The number of ether oxygens (including phenoxy) is 1. The molecule has 0 saturated carbocycles. The summed E-state index contributed by atoms with van der Waals surface area (Å²) in [6.45, 7) is 3.95. The lowest BCUT2D eigenvalue weighted by atomic mass is 10.0.